The summed E-state index contributed by atoms with van der Waals surface area (Å²) in [5.74, 6) is -0.120. The highest BCUT2D eigenvalue weighted by Gasteiger charge is 2.13. The van der Waals surface area contributed by atoms with Crippen molar-refractivity contribution in [3.8, 4) is 0 Å². The minimum atomic E-state index is -0.462. The Morgan fingerprint density at radius 3 is 2.38 bits per heavy atom. The van der Waals surface area contributed by atoms with Crippen molar-refractivity contribution in [2.45, 2.75) is 32.9 Å². The van der Waals surface area contributed by atoms with E-state index in [1.165, 1.54) is 5.56 Å². The third kappa shape index (κ3) is 3.83. The third-order valence-corrected chi connectivity index (χ3v) is 2.43. The van der Waals surface area contributed by atoms with Gasteiger partial charge in [-0.25, -0.2) is 0 Å². The molecular weight excluding hydrogens is 224 g/mol. The lowest BCUT2D eigenvalue weighted by Gasteiger charge is -2.17. The van der Waals surface area contributed by atoms with Crippen molar-refractivity contribution in [3.05, 3.63) is 35.4 Å². The number of carbonyl (C=O) groups excluding carboxylic acids is 1. The molecule has 16 heavy (non-hydrogen) atoms. The van der Waals surface area contributed by atoms with Crippen molar-refractivity contribution in [1.29, 1.82) is 0 Å². The van der Waals surface area contributed by atoms with Gasteiger partial charge in [0.2, 0.25) is 5.91 Å². The van der Waals surface area contributed by atoms with E-state index >= 15 is 0 Å². The number of amides is 1. The van der Waals surface area contributed by atoms with Gasteiger partial charge in [-0.15, -0.1) is 12.4 Å². The molecule has 0 radical (unpaired) electrons. The monoisotopic (exact) mass is 242 g/mol. The van der Waals surface area contributed by atoms with Crippen LogP contribution in [-0.2, 0) is 4.79 Å². The van der Waals surface area contributed by atoms with Crippen LogP contribution in [0, 0.1) is 6.92 Å². The molecule has 0 spiro atoms. The maximum absolute atomic E-state index is 11.4. The minimum absolute atomic E-state index is 0. The molecule has 1 unspecified atom stereocenters. The van der Waals surface area contributed by atoms with Crippen LogP contribution in [-0.4, -0.2) is 11.9 Å². The molecule has 1 rings (SSSR count). The SMILES string of the molecule is Cc1ccccc1C(C)NC(=O)[C@H](C)N.Cl. The van der Waals surface area contributed by atoms with Crippen LogP contribution in [0.15, 0.2) is 24.3 Å². The van der Waals surface area contributed by atoms with Crippen molar-refractivity contribution < 1.29 is 4.79 Å². The van der Waals surface area contributed by atoms with Crippen LogP contribution in [0.4, 0.5) is 0 Å². The summed E-state index contributed by atoms with van der Waals surface area (Å²) >= 11 is 0. The van der Waals surface area contributed by atoms with E-state index in [2.05, 4.69) is 5.32 Å². The van der Waals surface area contributed by atoms with Gasteiger partial charge in [0.25, 0.3) is 0 Å². The lowest BCUT2D eigenvalue weighted by molar-refractivity contribution is -0.122. The Morgan fingerprint density at radius 1 is 1.31 bits per heavy atom. The van der Waals surface area contributed by atoms with Crippen LogP contribution in [0.25, 0.3) is 0 Å². The van der Waals surface area contributed by atoms with Crippen LogP contribution in [0.3, 0.4) is 0 Å². The Morgan fingerprint density at radius 2 is 1.88 bits per heavy atom. The van der Waals surface area contributed by atoms with Gasteiger partial charge in [-0.3, -0.25) is 4.79 Å². The summed E-state index contributed by atoms with van der Waals surface area (Å²) in [5.41, 5.74) is 7.80. The fourth-order valence-electron chi connectivity index (χ4n) is 1.50. The number of rotatable bonds is 3. The van der Waals surface area contributed by atoms with Crippen LogP contribution in [0.5, 0.6) is 0 Å². The number of hydrogen-bond donors (Lipinski definition) is 2. The first-order valence-corrected chi connectivity index (χ1v) is 5.14. The molecule has 3 nitrogen and oxygen atoms in total. The minimum Gasteiger partial charge on any atom is -0.348 e. The number of halogens is 1. The zero-order valence-corrected chi connectivity index (χ0v) is 10.7. The molecule has 2 atom stereocenters. The van der Waals surface area contributed by atoms with E-state index in [4.69, 9.17) is 5.73 Å². The average Bonchev–Trinajstić information content (AvgIpc) is 2.18. The van der Waals surface area contributed by atoms with Gasteiger partial charge < -0.3 is 11.1 Å². The number of carbonyl (C=O) groups is 1. The van der Waals surface area contributed by atoms with Gasteiger partial charge in [-0.05, 0) is 31.9 Å². The molecule has 1 aromatic carbocycles. The maximum Gasteiger partial charge on any atom is 0.237 e. The molecular formula is C12H19ClN2O. The number of aryl methyl sites for hydroxylation is 1. The predicted octanol–water partition coefficient (Wildman–Crippen LogP) is 1.94. The van der Waals surface area contributed by atoms with Gasteiger partial charge in [0.15, 0.2) is 0 Å². The van der Waals surface area contributed by atoms with E-state index in [1.807, 2.05) is 38.1 Å². The van der Waals surface area contributed by atoms with E-state index in [-0.39, 0.29) is 24.4 Å². The first-order chi connectivity index (χ1) is 7.02. The van der Waals surface area contributed by atoms with E-state index in [0.29, 0.717) is 0 Å². The summed E-state index contributed by atoms with van der Waals surface area (Å²) in [6.07, 6.45) is 0. The number of nitrogens with two attached hydrogens (primary N) is 1. The zero-order chi connectivity index (χ0) is 11.4. The fraction of sp³-hybridized carbons (Fsp3) is 0.417. The Balaban J connectivity index is 0.00000225. The van der Waals surface area contributed by atoms with Gasteiger partial charge >= 0.3 is 0 Å². The van der Waals surface area contributed by atoms with Crippen LogP contribution in [0.1, 0.15) is 31.0 Å². The van der Waals surface area contributed by atoms with Gasteiger partial charge in [0.1, 0.15) is 0 Å². The molecule has 3 N–H and O–H groups in total. The average molecular weight is 243 g/mol. The van der Waals surface area contributed by atoms with Crippen LogP contribution >= 0.6 is 12.4 Å². The first kappa shape index (κ1) is 14.9. The van der Waals surface area contributed by atoms with E-state index in [0.717, 1.165) is 5.56 Å². The quantitative estimate of drug-likeness (QED) is 0.851. The second-order valence-electron chi connectivity index (χ2n) is 3.88. The second kappa shape index (κ2) is 6.51. The second-order valence-corrected chi connectivity index (χ2v) is 3.88. The number of nitrogens with one attached hydrogen (secondary N) is 1. The lowest BCUT2D eigenvalue weighted by atomic mass is 10.0. The molecule has 0 fully saturated rings. The van der Waals surface area contributed by atoms with Crippen molar-refractivity contribution in [2.24, 2.45) is 5.73 Å². The van der Waals surface area contributed by atoms with Gasteiger partial charge in [-0.1, -0.05) is 24.3 Å². The third-order valence-electron chi connectivity index (χ3n) is 2.43. The first-order valence-electron chi connectivity index (χ1n) is 5.14. The summed E-state index contributed by atoms with van der Waals surface area (Å²) in [4.78, 5) is 11.4. The van der Waals surface area contributed by atoms with Crippen molar-refractivity contribution in [1.82, 2.24) is 5.32 Å². The standard InChI is InChI=1S/C12H18N2O.ClH/c1-8-6-4-5-7-11(8)10(3)14-12(15)9(2)13;/h4-7,9-10H,13H2,1-3H3,(H,14,15);1H/t9-,10?;/m0./s1. The summed E-state index contributed by atoms with van der Waals surface area (Å²) in [5, 5.41) is 2.87. The predicted molar refractivity (Wildman–Crippen MR) is 68.6 cm³/mol. The van der Waals surface area contributed by atoms with Crippen LogP contribution in [0.2, 0.25) is 0 Å². The zero-order valence-electron chi connectivity index (χ0n) is 9.86. The van der Waals surface area contributed by atoms with Crippen LogP contribution < -0.4 is 11.1 Å². The van der Waals surface area contributed by atoms with Crippen molar-refractivity contribution in [3.63, 3.8) is 0 Å². The summed E-state index contributed by atoms with van der Waals surface area (Å²) in [6, 6.07) is 7.54. The number of hydrogen-bond acceptors (Lipinski definition) is 2. The van der Waals surface area contributed by atoms with Crippen molar-refractivity contribution >= 4 is 18.3 Å². The Bertz CT molecular complexity index is 353. The highest BCUT2D eigenvalue weighted by molar-refractivity contribution is 5.85. The fourth-order valence-corrected chi connectivity index (χ4v) is 1.50. The highest BCUT2D eigenvalue weighted by Crippen LogP contribution is 2.16. The summed E-state index contributed by atoms with van der Waals surface area (Å²) < 4.78 is 0. The molecule has 0 aliphatic heterocycles. The van der Waals surface area contributed by atoms with Gasteiger partial charge in [0, 0.05) is 0 Å². The van der Waals surface area contributed by atoms with Gasteiger partial charge in [0.05, 0.1) is 12.1 Å². The Hall–Kier alpha value is -1.06. The largest absolute Gasteiger partial charge is 0.348 e. The molecule has 0 aliphatic carbocycles. The normalized spacial score (nSPS) is 13.5. The molecule has 1 amide bonds. The topological polar surface area (TPSA) is 55.1 Å². The molecule has 90 valence electrons. The molecule has 1 aromatic rings. The van der Waals surface area contributed by atoms with E-state index in [9.17, 15) is 4.79 Å². The smallest absolute Gasteiger partial charge is 0.237 e. The molecule has 0 bridgehead atoms. The summed E-state index contributed by atoms with van der Waals surface area (Å²) in [7, 11) is 0. The van der Waals surface area contributed by atoms with E-state index < -0.39 is 6.04 Å². The summed E-state index contributed by atoms with van der Waals surface area (Å²) in [6.45, 7) is 5.67. The molecule has 0 saturated heterocycles. The van der Waals surface area contributed by atoms with Gasteiger partial charge in [-0.2, -0.15) is 0 Å². The lowest BCUT2D eigenvalue weighted by Crippen LogP contribution is -2.39. The van der Waals surface area contributed by atoms with Crippen molar-refractivity contribution in [2.75, 3.05) is 0 Å². The molecule has 0 aromatic heterocycles. The number of benzene rings is 1. The molecule has 0 aliphatic rings. The Kier molecular flexibility index (Phi) is 6.08. The highest BCUT2D eigenvalue weighted by atomic mass is 35.5. The molecule has 0 heterocycles. The molecule has 4 heteroatoms. The van der Waals surface area contributed by atoms with E-state index in [1.54, 1.807) is 6.92 Å². The Labute approximate surface area is 103 Å². The molecule has 0 saturated carbocycles. The maximum atomic E-state index is 11.4.